The fraction of sp³-hybridized carbons (Fsp3) is 0.385. The zero-order valence-electron chi connectivity index (χ0n) is 10.3. The Morgan fingerprint density at radius 1 is 1.30 bits per heavy atom. The van der Waals surface area contributed by atoms with Crippen molar-refractivity contribution in [2.75, 3.05) is 0 Å². The third-order valence-electron chi connectivity index (χ3n) is 3.17. The quantitative estimate of drug-likeness (QED) is 0.890. The van der Waals surface area contributed by atoms with Gasteiger partial charge in [-0.25, -0.2) is 0 Å². The van der Waals surface area contributed by atoms with E-state index in [0.29, 0.717) is 5.56 Å². The summed E-state index contributed by atoms with van der Waals surface area (Å²) in [6, 6.07) is 4.65. The minimum Gasteiger partial charge on any atom is -0.481 e. The van der Waals surface area contributed by atoms with Gasteiger partial charge in [0.05, 0.1) is 17.4 Å². The lowest BCUT2D eigenvalue weighted by atomic mass is 10.1. The van der Waals surface area contributed by atoms with Crippen LogP contribution in [0, 0.1) is 11.8 Å². The van der Waals surface area contributed by atoms with E-state index < -0.39 is 35.5 Å². The highest BCUT2D eigenvalue weighted by molar-refractivity contribution is 5.89. The molecule has 1 aliphatic carbocycles. The van der Waals surface area contributed by atoms with Gasteiger partial charge in [-0.15, -0.1) is 0 Å². The number of benzene rings is 1. The summed E-state index contributed by atoms with van der Waals surface area (Å²) in [4.78, 5) is 22.2. The highest BCUT2D eigenvalue weighted by Crippen LogP contribution is 2.38. The van der Waals surface area contributed by atoms with Crippen molar-refractivity contribution in [1.82, 2.24) is 5.32 Å². The molecule has 0 unspecified atom stereocenters. The number of amides is 1. The molecule has 1 saturated carbocycles. The monoisotopic (exact) mass is 287 g/mol. The summed E-state index contributed by atoms with van der Waals surface area (Å²) in [6.45, 7) is -0.0500. The molecule has 1 aliphatic rings. The predicted octanol–water partition coefficient (Wildman–Crippen LogP) is 2.04. The lowest BCUT2D eigenvalue weighted by Crippen LogP contribution is -2.26. The van der Waals surface area contributed by atoms with Crippen molar-refractivity contribution in [1.29, 1.82) is 0 Å². The van der Waals surface area contributed by atoms with Gasteiger partial charge < -0.3 is 10.4 Å². The van der Waals surface area contributed by atoms with E-state index in [0.717, 1.165) is 12.1 Å². The van der Waals surface area contributed by atoms with Crippen molar-refractivity contribution in [3.63, 3.8) is 0 Å². The number of hydrogen-bond acceptors (Lipinski definition) is 2. The standard InChI is InChI=1S/C13H12F3NO3/c14-13(15,16)8-3-1-2-7(4-8)6-17-11(18)9-5-10(9)12(19)20/h1-4,9-10H,5-6H2,(H,17,18)(H,19,20)/t9-,10-/m1/s1. The summed E-state index contributed by atoms with van der Waals surface area (Å²) in [5.74, 6) is -2.70. The highest BCUT2D eigenvalue weighted by Gasteiger charge is 2.48. The molecule has 0 saturated heterocycles. The minimum atomic E-state index is -4.43. The second kappa shape index (κ2) is 5.15. The van der Waals surface area contributed by atoms with Crippen LogP contribution in [0.1, 0.15) is 17.5 Å². The van der Waals surface area contributed by atoms with Gasteiger partial charge in [0.2, 0.25) is 5.91 Å². The maximum atomic E-state index is 12.5. The highest BCUT2D eigenvalue weighted by atomic mass is 19.4. The molecule has 4 nitrogen and oxygen atoms in total. The first-order valence-electron chi connectivity index (χ1n) is 5.95. The average Bonchev–Trinajstić information content (AvgIpc) is 3.15. The molecule has 2 rings (SSSR count). The van der Waals surface area contributed by atoms with Crippen LogP contribution < -0.4 is 5.32 Å². The lowest BCUT2D eigenvalue weighted by molar-refractivity contribution is -0.140. The van der Waals surface area contributed by atoms with Gasteiger partial charge in [-0.05, 0) is 24.1 Å². The van der Waals surface area contributed by atoms with E-state index in [1.807, 2.05) is 0 Å². The maximum absolute atomic E-state index is 12.5. The van der Waals surface area contributed by atoms with Crippen LogP contribution in [-0.4, -0.2) is 17.0 Å². The van der Waals surface area contributed by atoms with E-state index in [4.69, 9.17) is 5.11 Å². The van der Waals surface area contributed by atoms with Crippen LogP contribution in [0.15, 0.2) is 24.3 Å². The van der Waals surface area contributed by atoms with Crippen LogP contribution in [0.5, 0.6) is 0 Å². The smallest absolute Gasteiger partial charge is 0.416 e. The number of hydrogen-bond donors (Lipinski definition) is 2. The van der Waals surface area contributed by atoms with Gasteiger partial charge in [-0.3, -0.25) is 9.59 Å². The Kier molecular flexibility index (Phi) is 3.69. The lowest BCUT2D eigenvalue weighted by Gasteiger charge is -2.09. The number of halogens is 3. The topological polar surface area (TPSA) is 66.4 Å². The van der Waals surface area contributed by atoms with Crippen molar-refractivity contribution in [2.24, 2.45) is 11.8 Å². The number of nitrogens with one attached hydrogen (secondary N) is 1. The fourth-order valence-electron chi connectivity index (χ4n) is 1.94. The molecule has 108 valence electrons. The van der Waals surface area contributed by atoms with Crippen LogP contribution >= 0.6 is 0 Å². The molecule has 7 heteroatoms. The Morgan fingerprint density at radius 3 is 2.55 bits per heavy atom. The number of carbonyl (C=O) groups is 2. The first-order valence-corrected chi connectivity index (χ1v) is 5.95. The summed E-state index contributed by atoms with van der Waals surface area (Å²) in [6.07, 6.45) is -4.14. The molecule has 0 bridgehead atoms. The number of alkyl halides is 3. The molecule has 2 atom stereocenters. The Labute approximate surface area is 112 Å². The van der Waals surface area contributed by atoms with Gasteiger partial charge >= 0.3 is 12.1 Å². The van der Waals surface area contributed by atoms with E-state index in [-0.39, 0.29) is 13.0 Å². The Morgan fingerprint density at radius 2 is 2.00 bits per heavy atom. The number of carboxylic acids is 1. The molecule has 0 spiro atoms. The molecule has 1 aromatic carbocycles. The van der Waals surface area contributed by atoms with Crippen molar-refractivity contribution >= 4 is 11.9 Å². The molecule has 0 radical (unpaired) electrons. The van der Waals surface area contributed by atoms with E-state index in [1.165, 1.54) is 12.1 Å². The van der Waals surface area contributed by atoms with Crippen LogP contribution in [-0.2, 0) is 22.3 Å². The molecule has 0 aliphatic heterocycles. The zero-order valence-corrected chi connectivity index (χ0v) is 10.3. The van der Waals surface area contributed by atoms with Gasteiger partial charge in [0.15, 0.2) is 0 Å². The second-order valence-electron chi connectivity index (χ2n) is 4.70. The van der Waals surface area contributed by atoms with Gasteiger partial charge in [0.1, 0.15) is 0 Å². The Balaban J connectivity index is 1.92. The molecule has 1 fully saturated rings. The van der Waals surface area contributed by atoms with Crippen molar-refractivity contribution < 1.29 is 27.9 Å². The van der Waals surface area contributed by atoms with Gasteiger partial charge in [0, 0.05) is 6.54 Å². The van der Waals surface area contributed by atoms with Crippen LogP contribution in [0.3, 0.4) is 0 Å². The number of carboxylic acid groups (broad SMARTS) is 1. The third kappa shape index (κ3) is 3.28. The summed E-state index contributed by atoms with van der Waals surface area (Å²) >= 11 is 0. The van der Waals surface area contributed by atoms with E-state index in [9.17, 15) is 22.8 Å². The molecule has 20 heavy (non-hydrogen) atoms. The molecular weight excluding hydrogens is 275 g/mol. The summed E-state index contributed by atoms with van der Waals surface area (Å²) in [5.41, 5.74) is -0.459. The largest absolute Gasteiger partial charge is 0.481 e. The van der Waals surface area contributed by atoms with E-state index in [2.05, 4.69) is 5.32 Å². The average molecular weight is 287 g/mol. The number of carbonyl (C=O) groups excluding carboxylic acids is 1. The second-order valence-corrected chi connectivity index (χ2v) is 4.70. The number of rotatable bonds is 4. The van der Waals surface area contributed by atoms with Gasteiger partial charge in [-0.1, -0.05) is 12.1 Å². The van der Waals surface area contributed by atoms with Crippen molar-refractivity contribution in [3.05, 3.63) is 35.4 Å². The van der Waals surface area contributed by atoms with Crippen LogP contribution in [0.4, 0.5) is 13.2 Å². The van der Waals surface area contributed by atoms with Gasteiger partial charge in [-0.2, -0.15) is 13.2 Å². The first kappa shape index (κ1) is 14.4. The Hall–Kier alpha value is -2.05. The molecule has 1 aromatic rings. The SMILES string of the molecule is O=C(O)[C@@H]1C[C@H]1C(=O)NCc1cccc(C(F)(F)F)c1. The van der Waals surface area contributed by atoms with Gasteiger partial charge in [0.25, 0.3) is 0 Å². The molecular formula is C13H12F3NO3. The predicted molar refractivity (Wildman–Crippen MR) is 62.5 cm³/mol. The molecule has 2 N–H and O–H groups in total. The van der Waals surface area contributed by atoms with Crippen LogP contribution in [0.2, 0.25) is 0 Å². The summed E-state index contributed by atoms with van der Waals surface area (Å²) in [5, 5.41) is 11.1. The fourth-order valence-corrected chi connectivity index (χ4v) is 1.94. The van der Waals surface area contributed by atoms with E-state index in [1.54, 1.807) is 0 Å². The molecule has 1 amide bonds. The molecule has 0 aromatic heterocycles. The third-order valence-corrected chi connectivity index (χ3v) is 3.17. The Bertz CT molecular complexity index is 542. The van der Waals surface area contributed by atoms with Crippen molar-refractivity contribution in [2.45, 2.75) is 19.1 Å². The van der Waals surface area contributed by atoms with Crippen LogP contribution in [0.25, 0.3) is 0 Å². The zero-order chi connectivity index (χ0) is 14.9. The first-order chi connectivity index (χ1) is 9.29. The van der Waals surface area contributed by atoms with E-state index >= 15 is 0 Å². The van der Waals surface area contributed by atoms with Crippen molar-refractivity contribution in [3.8, 4) is 0 Å². The normalized spacial score (nSPS) is 21.4. The summed E-state index contributed by atoms with van der Waals surface area (Å²) in [7, 11) is 0. The molecule has 0 heterocycles. The minimum absolute atomic E-state index is 0.0500. The number of aliphatic carboxylic acids is 1. The maximum Gasteiger partial charge on any atom is 0.416 e. The summed E-state index contributed by atoms with van der Waals surface area (Å²) < 4.78 is 37.5.